The van der Waals surface area contributed by atoms with E-state index in [1.165, 1.54) is 11.0 Å². The molecule has 15 nitrogen and oxygen atoms in total. The van der Waals surface area contributed by atoms with Crippen LogP contribution in [0.25, 0.3) is 11.1 Å². The Hall–Kier alpha value is -4.73. The zero-order valence-electron chi connectivity index (χ0n) is 29.1. The number of benzene rings is 1. The Labute approximate surface area is 297 Å². The minimum absolute atomic E-state index is 0.00662. The van der Waals surface area contributed by atoms with Crippen molar-refractivity contribution >= 4 is 45.5 Å². The highest BCUT2D eigenvalue weighted by Gasteiger charge is 2.62. The highest BCUT2D eigenvalue weighted by atomic mass is 32.2. The smallest absolute Gasteiger partial charge is 0.408 e. The molecule has 3 aliphatic carbocycles. The lowest BCUT2D eigenvalue weighted by molar-refractivity contribution is -0.142. The van der Waals surface area contributed by atoms with Crippen LogP contribution in [0.5, 0.6) is 0 Å². The van der Waals surface area contributed by atoms with Crippen molar-refractivity contribution in [2.75, 3.05) is 23.8 Å². The largest absolute Gasteiger partial charge is 0.446 e. The summed E-state index contributed by atoms with van der Waals surface area (Å²) in [5.41, 5.74) is 5.63. The highest BCUT2D eigenvalue weighted by Crippen LogP contribution is 2.45. The number of sulfonamides is 1. The van der Waals surface area contributed by atoms with E-state index in [0.717, 1.165) is 36.8 Å². The van der Waals surface area contributed by atoms with Crippen LogP contribution in [0.15, 0.2) is 49.3 Å². The number of alkyl carbamates (subject to hydrolysis) is 1. The van der Waals surface area contributed by atoms with E-state index < -0.39 is 68.0 Å². The summed E-state index contributed by atoms with van der Waals surface area (Å²) in [4.78, 5) is 66.5. The van der Waals surface area contributed by atoms with Gasteiger partial charge in [0.2, 0.25) is 27.8 Å². The number of nitrogens with two attached hydrogens (primary N) is 1. The monoisotopic (exact) mass is 722 g/mol. The molecular weight excluding hydrogens is 677 g/mol. The molecule has 3 saturated carbocycles. The second-order valence-corrected chi connectivity index (χ2v) is 17.0. The first kappa shape index (κ1) is 36.1. The van der Waals surface area contributed by atoms with Crippen LogP contribution in [-0.4, -0.2) is 89.3 Å². The molecule has 1 saturated heterocycles. The highest BCUT2D eigenvalue weighted by molar-refractivity contribution is 7.91. The number of ether oxygens (including phenoxy) is 1. The van der Waals surface area contributed by atoms with Gasteiger partial charge >= 0.3 is 6.09 Å². The standard InChI is InChI=1S/C35H46N8O7S/c1-5-23-16-35(23,31(46)41-51(48,49)26-14-15-26)40-29(44)27-19-42(24-12-10-21(11-13-24)22-17-37-32(36)38-18-22)20-43(27)30(45)28(34(2,3)4)39-33(47)50-25-8-6-7-9-25/h5,10-13,17-18,23,25-28H,1,6-9,14-16,19-20H2,2-4H3,(H,39,47)(H,40,44)(H,41,46)(H2,36,37,38)/t23-,27+,28?,35-/m1/s1. The molecule has 6 rings (SSSR count). The summed E-state index contributed by atoms with van der Waals surface area (Å²) in [5, 5.41) is 4.95. The van der Waals surface area contributed by atoms with E-state index >= 15 is 0 Å². The van der Waals surface area contributed by atoms with Crippen LogP contribution >= 0.6 is 0 Å². The molecule has 4 amide bonds. The Balaban J connectivity index is 1.26. The van der Waals surface area contributed by atoms with Gasteiger partial charge in [0.15, 0.2) is 0 Å². The van der Waals surface area contributed by atoms with E-state index in [-0.39, 0.29) is 31.7 Å². The lowest BCUT2D eigenvalue weighted by atomic mass is 9.85. The van der Waals surface area contributed by atoms with Gasteiger partial charge < -0.3 is 30.9 Å². The van der Waals surface area contributed by atoms with Crippen molar-refractivity contribution in [3.8, 4) is 11.1 Å². The fourth-order valence-electron chi connectivity index (χ4n) is 6.78. The number of carbonyl (C=O) groups excluding carboxylic acids is 4. The van der Waals surface area contributed by atoms with Gasteiger partial charge in [0.1, 0.15) is 23.7 Å². The minimum Gasteiger partial charge on any atom is -0.446 e. The van der Waals surface area contributed by atoms with E-state index in [1.807, 2.05) is 49.9 Å². The van der Waals surface area contributed by atoms with Gasteiger partial charge in [-0.1, -0.05) is 39.0 Å². The van der Waals surface area contributed by atoms with Crippen molar-refractivity contribution in [3.05, 3.63) is 49.3 Å². The Bertz CT molecular complexity index is 1790. The van der Waals surface area contributed by atoms with E-state index in [4.69, 9.17) is 10.5 Å². The molecule has 1 aliphatic heterocycles. The molecule has 1 aromatic heterocycles. The van der Waals surface area contributed by atoms with Crippen molar-refractivity contribution in [3.63, 3.8) is 0 Å². The molecule has 4 aliphatic rings. The van der Waals surface area contributed by atoms with Crippen LogP contribution in [0.3, 0.4) is 0 Å². The zero-order chi connectivity index (χ0) is 36.7. The number of amides is 4. The summed E-state index contributed by atoms with van der Waals surface area (Å²) < 4.78 is 33.1. The van der Waals surface area contributed by atoms with E-state index in [2.05, 4.69) is 31.9 Å². The fraction of sp³-hybridized carbons (Fsp3) is 0.543. The van der Waals surface area contributed by atoms with Crippen LogP contribution in [0.1, 0.15) is 65.7 Å². The number of anilines is 2. The van der Waals surface area contributed by atoms with Crippen molar-refractivity contribution in [1.82, 2.24) is 30.2 Å². The van der Waals surface area contributed by atoms with Crippen molar-refractivity contribution in [1.29, 1.82) is 0 Å². The molecule has 274 valence electrons. The zero-order valence-corrected chi connectivity index (χ0v) is 29.9. The molecule has 1 unspecified atom stereocenters. The summed E-state index contributed by atoms with van der Waals surface area (Å²) >= 11 is 0. The molecule has 1 aromatic carbocycles. The molecule has 51 heavy (non-hydrogen) atoms. The van der Waals surface area contributed by atoms with Crippen LogP contribution in [0.2, 0.25) is 0 Å². The second-order valence-electron chi connectivity index (χ2n) is 15.0. The van der Waals surface area contributed by atoms with Gasteiger partial charge in [-0.2, -0.15) is 0 Å². The Morgan fingerprint density at radius 2 is 1.69 bits per heavy atom. The molecule has 0 bridgehead atoms. The van der Waals surface area contributed by atoms with Gasteiger partial charge in [-0.05, 0) is 68.1 Å². The first-order valence-corrected chi connectivity index (χ1v) is 18.9. The van der Waals surface area contributed by atoms with Crippen molar-refractivity contribution in [2.45, 2.75) is 94.7 Å². The van der Waals surface area contributed by atoms with E-state index in [1.54, 1.807) is 12.4 Å². The quantitative estimate of drug-likeness (QED) is 0.248. The molecule has 16 heteroatoms. The first-order valence-electron chi connectivity index (χ1n) is 17.3. The molecule has 4 fully saturated rings. The molecule has 0 radical (unpaired) electrons. The lowest BCUT2D eigenvalue weighted by Crippen LogP contribution is -2.60. The van der Waals surface area contributed by atoms with E-state index in [9.17, 15) is 27.6 Å². The fourth-order valence-corrected chi connectivity index (χ4v) is 8.14. The summed E-state index contributed by atoms with van der Waals surface area (Å²) in [6, 6.07) is 5.26. The summed E-state index contributed by atoms with van der Waals surface area (Å²) in [6.45, 7) is 9.26. The third-order valence-electron chi connectivity index (χ3n) is 10.1. The number of nitrogen functional groups attached to an aromatic ring is 1. The predicted octanol–water partition coefficient (Wildman–Crippen LogP) is 2.45. The predicted molar refractivity (Wildman–Crippen MR) is 189 cm³/mol. The van der Waals surface area contributed by atoms with Crippen molar-refractivity contribution < 1.29 is 32.3 Å². The molecule has 2 heterocycles. The maximum atomic E-state index is 14.5. The topological polar surface area (TPSA) is 206 Å². The summed E-state index contributed by atoms with van der Waals surface area (Å²) in [7, 11) is -3.88. The van der Waals surface area contributed by atoms with Gasteiger partial charge in [-0.15, -0.1) is 6.58 Å². The summed E-state index contributed by atoms with van der Waals surface area (Å²) in [5.74, 6) is -2.31. The molecule has 5 N–H and O–H groups in total. The second kappa shape index (κ2) is 13.8. The number of hydrogen-bond donors (Lipinski definition) is 4. The number of carbonyl (C=O) groups is 4. The van der Waals surface area contributed by atoms with Crippen LogP contribution < -0.4 is 26.0 Å². The van der Waals surface area contributed by atoms with Gasteiger partial charge in [-0.25, -0.2) is 23.2 Å². The maximum Gasteiger partial charge on any atom is 0.408 e. The van der Waals surface area contributed by atoms with Gasteiger partial charge in [-0.3, -0.25) is 19.1 Å². The van der Waals surface area contributed by atoms with Crippen LogP contribution in [0.4, 0.5) is 16.4 Å². The normalized spacial score (nSPS) is 24.1. The Morgan fingerprint density at radius 3 is 2.25 bits per heavy atom. The minimum atomic E-state index is -3.88. The third-order valence-corrected chi connectivity index (χ3v) is 11.9. The number of nitrogens with one attached hydrogen (secondary N) is 3. The van der Waals surface area contributed by atoms with Gasteiger partial charge in [0.05, 0.1) is 11.9 Å². The third kappa shape index (κ3) is 7.80. The molecule has 4 atom stereocenters. The SMILES string of the molecule is C=C[C@@H]1C[C@]1(NC(=O)[C@@H]1CN(c2ccc(-c3cnc(N)nc3)cc2)CN1C(=O)C(NC(=O)OC1CCCC1)C(C)(C)C)C(=O)NS(=O)(=O)C1CC1. The Morgan fingerprint density at radius 1 is 1.04 bits per heavy atom. The molecular formula is C35H46N8O7S. The molecule has 2 aromatic rings. The van der Waals surface area contributed by atoms with Gasteiger partial charge in [0.25, 0.3) is 5.91 Å². The maximum absolute atomic E-state index is 14.5. The van der Waals surface area contributed by atoms with Crippen molar-refractivity contribution in [2.24, 2.45) is 11.3 Å². The first-order chi connectivity index (χ1) is 24.1. The van der Waals surface area contributed by atoms with E-state index in [0.29, 0.717) is 18.5 Å². The van der Waals surface area contributed by atoms with Crippen LogP contribution in [0, 0.1) is 11.3 Å². The van der Waals surface area contributed by atoms with Gasteiger partial charge in [0, 0.05) is 36.1 Å². The van der Waals surface area contributed by atoms with Crippen LogP contribution in [-0.2, 0) is 29.1 Å². The average molecular weight is 723 g/mol. The molecule has 0 spiro atoms. The number of rotatable bonds is 11. The Kier molecular flexibility index (Phi) is 9.74. The number of nitrogens with zero attached hydrogens (tertiary/aromatic N) is 4. The average Bonchev–Trinajstić information content (AvgIpc) is 3.96. The number of aromatic nitrogens is 2. The number of hydrogen-bond acceptors (Lipinski definition) is 11. The summed E-state index contributed by atoms with van der Waals surface area (Å²) in [6.07, 6.45) is 8.37. The lowest BCUT2D eigenvalue weighted by Gasteiger charge is -2.35.